The van der Waals surface area contributed by atoms with Crippen LogP contribution < -0.4 is 0 Å². The third-order valence-corrected chi connectivity index (χ3v) is 4.13. The fourth-order valence-corrected chi connectivity index (χ4v) is 2.85. The summed E-state index contributed by atoms with van der Waals surface area (Å²) in [7, 11) is 0. The Morgan fingerprint density at radius 1 is 0.963 bits per heavy atom. The average Bonchev–Trinajstić information content (AvgIpc) is 2.60. The zero-order valence-electron chi connectivity index (χ0n) is 17.2. The van der Waals surface area contributed by atoms with Crippen LogP contribution in [0.1, 0.15) is 58.6 Å². The van der Waals surface area contributed by atoms with E-state index in [1.165, 1.54) is 0 Å². The number of rotatable bonds is 8. The highest BCUT2D eigenvalue weighted by Gasteiger charge is 2.32. The molecular formula is C22H31NO4. The Labute approximate surface area is 163 Å². The van der Waals surface area contributed by atoms with Crippen LogP contribution in [0.3, 0.4) is 0 Å². The molecular weight excluding hydrogens is 342 g/mol. The molecule has 1 aromatic carbocycles. The molecule has 0 radical (unpaired) electrons. The number of hydrogen-bond donors (Lipinski definition) is 0. The SMILES string of the molecule is CCOC(=O)C(C(=O)OCC)c1ccccc1C#CCN(C(C)C)C(C)C. The van der Waals surface area contributed by atoms with Gasteiger partial charge in [0.25, 0.3) is 0 Å². The topological polar surface area (TPSA) is 55.8 Å². The van der Waals surface area contributed by atoms with Crippen molar-refractivity contribution in [1.29, 1.82) is 0 Å². The summed E-state index contributed by atoms with van der Waals surface area (Å²) >= 11 is 0. The van der Waals surface area contributed by atoms with Crippen molar-refractivity contribution >= 4 is 11.9 Å². The van der Waals surface area contributed by atoms with Gasteiger partial charge in [-0.2, -0.15) is 0 Å². The minimum absolute atomic E-state index is 0.195. The van der Waals surface area contributed by atoms with Crippen molar-refractivity contribution in [3.8, 4) is 11.8 Å². The van der Waals surface area contributed by atoms with Crippen molar-refractivity contribution in [3.05, 3.63) is 35.4 Å². The molecule has 1 rings (SSSR count). The highest BCUT2D eigenvalue weighted by molar-refractivity contribution is 6.01. The molecule has 0 fully saturated rings. The molecule has 0 aliphatic heterocycles. The van der Waals surface area contributed by atoms with E-state index in [0.717, 1.165) is 0 Å². The second kappa shape index (κ2) is 11.4. The summed E-state index contributed by atoms with van der Waals surface area (Å²) in [5.41, 5.74) is 1.15. The molecule has 5 heteroatoms. The summed E-state index contributed by atoms with van der Waals surface area (Å²) in [5, 5.41) is 0. The van der Waals surface area contributed by atoms with Gasteiger partial charge < -0.3 is 9.47 Å². The van der Waals surface area contributed by atoms with Crippen molar-refractivity contribution in [1.82, 2.24) is 4.90 Å². The fourth-order valence-electron chi connectivity index (χ4n) is 2.85. The van der Waals surface area contributed by atoms with Gasteiger partial charge in [0.15, 0.2) is 5.92 Å². The molecule has 0 saturated heterocycles. The van der Waals surface area contributed by atoms with Crippen LogP contribution in [0.15, 0.2) is 24.3 Å². The van der Waals surface area contributed by atoms with Gasteiger partial charge in [-0.15, -0.1) is 0 Å². The maximum Gasteiger partial charge on any atom is 0.324 e. The molecule has 0 aliphatic carbocycles. The van der Waals surface area contributed by atoms with E-state index in [1.807, 2.05) is 12.1 Å². The van der Waals surface area contributed by atoms with Gasteiger partial charge >= 0.3 is 11.9 Å². The zero-order chi connectivity index (χ0) is 20.4. The molecule has 0 N–H and O–H groups in total. The number of esters is 2. The van der Waals surface area contributed by atoms with Crippen molar-refractivity contribution in [3.63, 3.8) is 0 Å². The maximum absolute atomic E-state index is 12.4. The molecule has 27 heavy (non-hydrogen) atoms. The maximum atomic E-state index is 12.4. The zero-order valence-corrected chi connectivity index (χ0v) is 17.2. The van der Waals surface area contributed by atoms with Crippen molar-refractivity contribution < 1.29 is 19.1 Å². The number of benzene rings is 1. The minimum atomic E-state index is -1.12. The Morgan fingerprint density at radius 2 is 1.48 bits per heavy atom. The van der Waals surface area contributed by atoms with Crippen molar-refractivity contribution in [2.24, 2.45) is 0 Å². The summed E-state index contributed by atoms with van der Waals surface area (Å²) < 4.78 is 10.2. The Bertz CT molecular complexity index is 659. The monoisotopic (exact) mass is 373 g/mol. The van der Waals surface area contributed by atoms with Gasteiger partial charge in [-0.3, -0.25) is 14.5 Å². The van der Waals surface area contributed by atoms with E-state index in [-0.39, 0.29) is 13.2 Å². The number of hydrogen-bond acceptors (Lipinski definition) is 5. The van der Waals surface area contributed by atoms with Gasteiger partial charge in [0.05, 0.1) is 19.8 Å². The third-order valence-electron chi connectivity index (χ3n) is 4.13. The number of carbonyl (C=O) groups is 2. The lowest BCUT2D eigenvalue weighted by molar-refractivity contribution is -0.156. The van der Waals surface area contributed by atoms with Crippen molar-refractivity contribution in [2.45, 2.75) is 59.5 Å². The van der Waals surface area contributed by atoms with E-state index in [2.05, 4.69) is 44.4 Å². The Balaban J connectivity index is 3.20. The van der Waals surface area contributed by atoms with E-state index >= 15 is 0 Å². The summed E-state index contributed by atoms with van der Waals surface area (Å²) in [4.78, 5) is 27.1. The summed E-state index contributed by atoms with van der Waals surface area (Å²) in [5.74, 6) is 3.94. The summed E-state index contributed by atoms with van der Waals surface area (Å²) in [6.45, 7) is 12.9. The van der Waals surface area contributed by atoms with E-state index in [0.29, 0.717) is 29.8 Å². The van der Waals surface area contributed by atoms with Gasteiger partial charge in [-0.25, -0.2) is 0 Å². The normalized spacial score (nSPS) is 10.9. The summed E-state index contributed by atoms with van der Waals surface area (Å²) in [6.07, 6.45) is 0. The van der Waals surface area contributed by atoms with Crippen LogP contribution in [0, 0.1) is 11.8 Å². The minimum Gasteiger partial charge on any atom is -0.465 e. The molecule has 0 spiro atoms. The van der Waals surface area contributed by atoms with Crippen LogP contribution in [-0.2, 0) is 19.1 Å². The second-order valence-electron chi connectivity index (χ2n) is 6.69. The third kappa shape index (κ3) is 6.73. The first kappa shape index (κ1) is 22.7. The lowest BCUT2D eigenvalue weighted by atomic mass is 9.94. The van der Waals surface area contributed by atoms with Gasteiger partial charge in [0.2, 0.25) is 0 Å². The van der Waals surface area contributed by atoms with E-state index in [1.54, 1.807) is 26.0 Å². The molecule has 5 nitrogen and oxygen atoms in total. The highest BCUT2D eigenvalue weighted by atomic mass is 16.6. The lowest BCUT2D eigenvalue weighted by Gasteiger charge is -2.28. The average molecular weight is 373 g/mol. The van der Waals surface area contributed by atoms with Crippen LogP contribution in [0.4, 0.5) is 0 Å². The smallest absolute Gasteiger partial charge is 0.324 e. The molecule has 0 aliphatic rings. The number of carbonyl (C=O) groups excluding carboxylic acids is 2. The molecule has 148 valence electrons. The standard InChI is InChI=1S/C22H31NO4/c1-7-26-21(24)20(22(25)27-8-2)19-14-10-9-12-18(19)13-11-15-23(16(3)4)17(5)6/h9-10,12,14,16-17,20H,7-8,15H2,1-6H3. The molecule has 0 unspecified atom stereocenters. The first-order chi connectivity index (χ1) is 12.8. The Morgan fingerprint density at radius 3 is 1.96 bits per heavy atom. The predicted octanol–water partition coefficient (Wildman–Crippen LogP) is 3.37. The number of nitrogens with zero attached hydrogens (tertiary/aromatic N) is 1. The Kier molecular flexibility index (Phi) is 9.60. The van der Waals surface area contributed by atoms with E-state index < -0.39 is 17.9 Å². The quantitative estimate of drug-likeness (QED) is 0.397. The van der Waals surface area contributed by atoms with Crippen LogP contribution in [-0.4, -0.2) is 48.7 Å². The second-order valence-corrected chi connectivity index (χ2v) is 6.69. The molecule has 0 atom stereocenters. The van der Waals surface area contributed by atoms with Gasteiger partial charge in [0, 0.05) is 17.6 Å². The molecule has 0 aromatic heterocycles. The van der Waals surface area contributed by atoms with Gasteiger partial charge in [-0.1, -0.05) is 30.0 Å². The summed E-state index contributed by atoms with van der Waals surface area (Å²) in [6, 6.07) is 7.90. The first-order valence-corrected chi connectivity index (χ1v) is 9.50. The molecule has 0 bridgehead atoms. The van der Waals surface area contributed by atoms with E-state index in [9.17, 15) is 9.59 Å². The molecule has 0 amide bonds. The molecule has 0 heterocycles. The fraction of sp³-hybridized carbons (Fsp3) is 0.545. The molecule has 0 saturated carbocycles. The largest absolute Gasteiger partial charge is 0.465 e. The molecule has 1 aromatic rings. The van der Waals surface area contributed by atoms with Gasteiger partial charge in [-0.05, 0) is 53.2 Å². The van der Waals surface area contributed by atoms with Crippen LogP contribution >= 0.6 is 0 Å². The van der Waals surface area contributed by atoms with Crippen LogP contribution in [0.2, 0.25) is 0 Å². The van der Waals surface area contributed by atoms with Crippen LogP contribution in [0.5, 0.6) is 0 Å². The van der Waals surface area contributed by atoms with Gasteiger partial charge in [0.1, 0.15) is 0 Å². The lowest BCUT2D eigenvalue weighted by Crippen LogP contribution is -2.37. The highest BCUT2D eigenvalue weighted by Crippen LogP contribution is 2.23. The Hall–Kier alpha value is -2.32. The number of ether oxygens (including phenoxy) is 2. The van der Waals surface area contributed by atoms with Crippen LogP contribution in [0.25, 0.3) is 0 Å². The van der Waals surface area contributed by atoms with E-state index in [4.69, 9.17) is 9.47 Å². The van der Waals surface area contributed by atoms with Crippen molar-refractivity contribution in [2.75, 3.05) is 19.8 Å². The predicted molar refractivity (Wildman–Crippen MR) is 106 cm³/mol. The first-order valence-electron chi connectivity index (χ1n) is 9.50.